The van der Waals surface area contributed by atoms with Crippen molar-refractivity contribution < 1.29 is 46.6 Å². The summed E-state index contributed by atoms with van der Waals surface area (Å²) in [7, 11) is 0. The van der Waals surface area contributed by atoms with Crippen molar-refractivity contribution in [2.45, 2.75) is 0 Å². The van der Waals surface area contributed by atoms with Gasteiger partial charge in [0, 0.05) is 49.3 Å². The molecule has 0 fully saturated rings. The third kappa shape index (κ3) is 4.79. The summed E-state index contributed by atoms with van der Waals surface area (Å²) in [5.74, 6) is 0. The average Bonchev–Trinajstić information content (AvgIpc) is 1.56. The number of rotatable bonds is 5. The number of para-hydroxylation sites is 5. The molecule has 0 unspecified atom stereocenters. The highest BCUT2D eigenvalue weighted by Crippen LogP contribution is 2.41. The molecule has 57 heavy (non-hydrogen) atoms. The first kappa shape index (κ1) is 13.0. The van der Waals surface area contributed by atoms with Gasteiger partial charge in [0.2, 0.25) is 0 Å². The second-order valence-corrected chi connectivity index (χ2v) is 12.3. The third-order valence-corrected chi connectivity index (χ3v) is 9.37. The summed E-state index contributed by atoms with van der Waals surface area (Å²) in [6.45, 7) is 0. The molecule has 0 aliphatic heterocycles. The molecule has 3 heteroatoms. The zero-order valence-electron chi connectivity index (χ0n) is 62.4. The molecule has 0 bridgehead atoms. The molecule has 0 saturated carbocycles. The molecule has 3 nitrogen and oxygen atoms in total. The molecule has 0 atom stereocenters. The number of aromatic nitrogens is 3. The molecule has 0 aliphatic rings. The van der Waals surface area contributed by atoms with Gasteiger partial charge < -0.3 is 13.7 Å². The van der Waals surface area contributed by atoms with Crippen LogP contribution < -0.4 is 0 Å². The minimum absolute atomic E-state index is 0.539. The number of nitrogens with zero attached hydrogens (tertiary/aromatic N) is 3. The van der Waals surface area contributed by atoms with Crippen LogP contribution in [-0.4, -0.2) is 13.7 Å². The van der Waals surface area contributed by atoms with E-state index in [0.717, 1.165) is 15.2 Å². The first-order valence-corrected chi connectivity index (χ1v) is 16.8. The van der Waals surface area contributed by atoms with Crippen LogP contribution in [-0.2, 0) is 0 Å². The average molecular weight is 760 g/mol. The van der Waals surface area contributed by atoms with Crippen molar-refractivity contribution in [1.29, 1.82) is 0 Å². The highest BCUT2D eigenvalue weighted by atomic mass is 15.0. The Morgan fingerprint density at radius 2 is 0.789 bits per heavy atom. The lowest BCUT2D eigenvalue weighted by atomic mass is 10.0. The first-order chi connectivity index (χ1) is 42.4. The van der Waals surface area contributed by atoms with E-state index < -0.39 is 310 Å². The fraction of sp³-hybridized carbons (Fsp3) is 0. The van der Waals surface area contributed by atoms with E-state index in [4.69, 9.17) is 26.0 Å². The van der Waals surface area contributed by atoms with Crippen molar-refractivity contribution in [2.24, 2.45) is 0 Å². The molecule has 3 heterocycles. The number of hydrogen-bond acceptors (Lipinski definition) is 0. The predicted molar refractivity (Wildman–Crippen MR) is 240 cm³/mol. The predicted octanol–water partition coefficient (Wildman–Crippen LogP) is 14.3. The second kappa shape index (κ2) is 12.5. The standard InChI is InChI=1S/C54H35N3/c1-2-15-36(16-3-1)37-17-14-18-39(33-37)55-50-26-11-8-23-45(50)47-35-40(30-32-53(47)55)56-49-25-10-5-22-44(49)46-31-29-38(34-54(46)56)41-19-4-9-24-48(41)57-51-27-12-6-20-42(51)43-21-7-13-28-52(43)57/h1-35H/i1D,2D,3D,4D,5D,6D,7D,8D,9D,10D,11D,12D,13D,14D,15D,16D,17D,18D,19D,20D,21D,22D,23D,24D,25D,26D,27D,28D,29D,30D,31D,33D,34D,35D. The summed E-state index contributed by atoms with van der Waals surface area (Å²) in [5, 5.41) is -3.66. The van der Waals surface area contributed by atoms with Crippen LogP contribution in [0.25, 0.3) is 105 Å². The summed E-state index contributed by atoms with van der Waals surface area (Å²) < 4.78 is 312. The summed E-state index contributed by atoms with van der Waals surface area (Å²) >= 11 is 0. The molecule has 266 valence electrons. The highest BCUT2D eigenvalue weighted by molar-refractivity contribution is 6.13. The Kier molecular flexibility index (Phi) is 2.84. The Bertz CT molecular complexity index is 5420. The molecule has 0 radical (unpaired) electrons. The van der Waals surface area contributed by atoms with Crippen molar-refractivity contribution in [1.82, 2.24) is 13.7 Å². The normalized spacial score (nSPS) is 20.2. The van der Waals surface area contributed by atoms with Crippen molar-refractivity contribution in [3.63, 3.8) is 0 Å². The maximum Gasteiger partial charge on any atom is 0.0652 e. The highest BCUT2D eigenvalue weighted by Gasteiger charge is 2.19. The van der Waals surface area contributed by atoms with Crippen molar-refractivity contribution in [3.05, 3.63) is 212 Å². The molecular weight excluding hydrogens is 691 g/mol. The van der Waals surface area contributed by atoms with Crippen molar-refractivity contribution in [3.8, 4) is 39.3 Å². The van der Waals surface area contributed by atoms with E-state index in [2.05, 4.69) is 0 Å². The topological polar surface area (TPSA) is 14.8 Å². The number of fused-ring (bicyclic) bond motifs is 9. The van der Waals surface area contributed by atoms with Crippen LogP contribution in [0.5, 0.6) is 0 Å². The van der Waals surface area contributed by atoms with E-state index in [0.29, 0.717) is 4.57 Å². The fourth-order valence-electron chi connectivity index (χ4n) is 7.03. The number of benzene rings is 9. The van der Waals surface area contributed by atoms with Gasteiger partial charge in [0.25, 0.3) is 0 Å². The molecule has 3 aromatic heterocycles. The van der Waals surface area contributed by atoms with Gasteiger partial charge in [0.05, 0.1) is 85.4 Å². The lowest BCUT2D eigenvalue weighted by molar-refractivity contribution is 1.16. The molecule has 12 aromatic rings. The fourth-order valence-corrected chi connectivity index (χ4v) is 7.03. The monoisotopic (exact) mass is 759 g/mol. The van der Waals surface area contributed by atoms with Gasteiger partial charge in [-0.25, -0.2) is 0 Å². The van der Waals surface area contributed by atoms with Crippen LogP contribution >= 0.6 is 0 Å². The molecule has 9 aromatic carbocycles. The van der Waals surface area contributed by atoms with Crippen LogP contribution in [0.3, 0.4) is 0 Å². The molecule has 0 spiro atoms. The second-order valence-electron chi connectivity index (χ2n) is 12.3. The Morgan fingerprint density at radius 1 is 0.281 bits per heavy atom. The lowest BCUT2D eigenvalue weighted by Crippen LogP contribution is -1.98. The van der Waals surface area contributed by atoms with E-state index in [9.17, 15) is 20.6 Å². The maximum atomic E-state index is 10.3. The SMILES string of the molecule is [2H]c1cc2c(c([2H])c1-n1c3c([2H])c([2H])c([2H])c([2H])c3c3c([2H])c([2H])c(-c4c([2H])c([2H])c([2H])c([2H])c4-n4c5c([2H])c([2H])c([2H])c([2H])c5c5c([2H])c([2H])c([2H])c([2H])c54)c([2H])c31)c1c([2H])c([2H])c([2H])c([2H])c1n2-c1c([2H])c([2H])c([2H])c(-c2c([2H])c([2H])c([2H])c([2H])c2[2H])c1[2H]. The van der Waals surface area contributed by atoms with Crippen LogP contribution in [0.1, 0.15) is 46.6 Å². The van der Waals surface area contributed by atoms with E-state index in [1.54, 1.807) is 0 Å². The zero-order chi connectivity index (χ0) is 67.0. The van der Waals surface area contributed by atoms with E-state index in [1.165, 1.54) is 0 Å². The van der Waals surface area contributed by atoms with Crippen molar-refractivity contribution in [2.75, 3.05) is 0 Å². The smallest absolute Gasteiger partial charge is 0.0652 e. The van der Waals surface area contributed by atoms with Crippen LogP contribution in [0, 0.1) is 0 Å². The van der Waals surface area contributed by atoms with E-state index >= 15 is 0 Å². The minimum atomic E-state index is -1.13. The Labute approximate surface area is 377 Å². The van der Waals surface area contributed by atoms with Gasteiger partial charge >= 0.3 is 0 Å². The van der Waals surface area contributed by atoms with Crippen LogP contribution in [0.2, 0.25) is 0 Å². The quantitative estimate of drug-likeness (QED) is 0.166. The zero-order valence-corrected chi connectivity index (χ0v) is 28.4. The molecule has 0 aliphatic carbocycles. The van der Waals surface area contributed by atoms with Gasteiger partial charge in [-0.2, -0.15) is 0 Å². The maximum absolute atomic E-state index is 10.3. The van der Waals surface area contributed by atoms with E-state index in [1.807, 2.05) is 0 Å². The summed E-state index contributed by atoms with van der Waals surface area (Å²) in [4.78, 5) is 0. The Hall–Kier alpha value is -7.62. The molecule has 0 saturated heterocycles. The molecular formula is C54H35N3. The third-order valence-electron chi connectivity index (χ3n) is 9.37. The number of hydrogen-bond donors (Lipinski definition) is 0. The summed E-state index contributed by atoms with van der Waals surface area (Å²) in [6.07, 6.45) is 0. The van der Waals surface area contributed by atoms with Gasteiger partial charge in [-0.05, 0) is 83.2 Å². The van der Waals surface area contributed by atoms with Gasteiger partial charge in [0.15, 0.2) is 0 Å². The Morgan fingerprint density at radius 3 is 1.47 bits per heavy atom. The van der Waals surface area contributed by atoms with Crippen molar-refractivity contribution >= 4 is 65.4 Å². The van der Waals surface area contributed by atoms with E-state index in [-0.39, 0.29) is 0 Å². The van der Waals surface area contributed by atoms with Gasteiger partial charge in [-0.1, -0.05) is 145 Å². The molecule has 0 N–H and O–H groups in total. The molecule has 12 rings (SSSR count). The minimum Gasteiger partial charge on any atom is -0.309 e. The van der Waals surface area contributed by atoms with Gasteiger partial charge in [-0.3, -0.25) is 0 Å². The van der Waals surface area contributed by atoms with Crippen LogP contribution in [0.15, 0.2) is 212 Å². The van der Waals surface area contributed by atoms with Crippen LogP contribution in [0.4, 0.5) is 0 Å². The first-order valence-electron chi connectivity index (χ1n) is 33.8. The lowest BCUT2D eigenvalue weighted by Gasteiger charge is -2.15. The summed E-state index contributed by atoms with van der Waals surface area (Å²) in [6, 6.07) is -32.2. The summed E-state index contributed by atoms with van der Waals surface area (Å²) in [5.41, 5.74) is -10.1. The largest absolute Gasteiger partial charge is 0.309 e. The molecule has 0 amide bonds. The Balaban J connectivity index is 1.31. The van der Waals surface area contributed by atoms with Gasteiger partial charge in [0.1, 0.15) is 0 Å². The van der Waals surface area contributed by atoms with Gasteiger partial charge in [-0.15, -0.1) is 0 Å².